The number of rotatable bonds is 4. The Morgan fingerprint density at radius 3 is 2.59 bits per heavy atom. The molecule has 0 aromatic carbocycles. The first-order valence-electron chi connectivity index (χ1n) is 5.90. The summed E-state index contributed by atoms with van der Waals surface area (Å²) in [6, 6.07) is 1.95. The molecule has 0 radical (unpaired) electrons. The van der Waals surface area contributed by atoms with Gasteiger partial charge in [0.2, 0.25) is 0 Å². The summed E-state index contributed by atoms with van der Waals surface area (Å²) < 4.78 is 0.923. The van der Waals surface area contributed by atoms with Crippen LogP contribution in [0.15, 0.2) is 22.9 Å². The van der Waals surface area contributed by atoms with Gasteiger partial charge >= 0.3 is 0 Å². The molecule has 0 aliphatic heterocycles. The topological polar surface area (TPSA) is 30.0 Å². The molecular formula is C14H20BrNO. The fourth-order valence-corrected chi connectivity index (χ4v) is 1.91. The molecule has 1 unspecified atom stereocenters. The molecule has 0 saturated carbocycles. The molecule has 0 spiro atoms. The Morgan fingerprint density at radius 1 is 1.41 bits per heavy atom. The Kier molecular flexibility index (Phi) is 4.87. The Labute approximate surface area is 112 Å². The van der Waals surface area contributed by atoms with Gasteiger partial charge in [0.25, 0.3) is 0 Å². The number of halogens is 1. The zero-order valence-electron chi connectivity index (χ0n) is 11.0. The monoisotopic (exact) mass is 297 g/mol. The van der Waals surface area contributed by atoms with Gasteiger partial charge in [0.15, 0.2) is 0 Å². The van der Waals surface area contributed by atoms with Gasteiger partial charge < -0.3 is 0 Å². The lowest BCUT2D eigenvalue weighted by Gasteiger charge is -2.26. The van der Waals surface area contributed by atoms with E-state index < -0.39 is 0 Å². The summed E-state index contributed by atoms with van der Waals surface area (Å²) in [7, 11) is 0. The molecule has 0 N–H and O–H groups in total. The zero-order valence-corrected chi connectivity index (χ0v) is 12.5. The molecule has 0 aliphatic rings. The summed E-state index contributed by atoms with van der Waals surface area (Å²) >= 11 is 3.36. The van der Waals surface area contributed by atoms with Gasteiger partial charge in [-0.15, -0.1) is 0 Å². The number of carbonyl (C=O) groups is 1. The Hall–Kier alpha value is -0.700. The van der Waals surface area contributed by atoms with Crippen molar-refractivity contribution in [1.82, 2.24) is 4.98 Å². The normalized spacial score (nSPS) is 13.5. The first-order valence-corrected chi connectivity index (χ1v) is 6.69. The summed E-state index contributed by atoms with van der Waals surface area (Å²) in [5.74, 6) is 0.683. The maximum absolute atomic E-state index is 11.9. The highest BCUT2D eigenvalue weighted by atomic mass is 79.9. The maximum Gasteiger partial charge on any atom is 0.137 e. The van der Waals surface area contributed by atoms with Gasteiger partial charge in [-0.3, -0.25) is 9.78 Å². The summed E-state index contributed by atoms with van der Waals surface area (Å²) in [5.41, 5.74) is 1.16. The van der Waals surface area contributed by atoms with Crippen LogP contribution in [-0.4, -0.2) is 10.8 Å². The van der Waals surface area contributed by atoms with E-state index in [4.69, 9.17) is 0 Å². The van der Waals surface area contributed by atoms with E-state index in [1.165, 1.54) is 0 Å². The lowest BCUT2D eigenvalue weighted by Crippen LogP contribution is -2.21. The molecular weight excluding hydrogens is 278 g/mol. The van der Waals surface area contributed by atoms with Gasteiger partial charge in [0, 0.05) is 29.7 Å². The number of pyridine rings is 1. The average Bonchev–Trinajstić information content (AvgIpc) is 2.15. The minimum atomic E-state index is 0.186. The van der Waals surface area contributed by atoms with E-state index in [1.54, 1.807) is 12.4 Å². The first kappa shape index (κ1) is 14.4. The number of hydrogen-bond donors (Lipinski definition) is 0. The fourth-order valence-electron chi connectivity index (χ4n) is 1.50. The quantitative estimate of drug-likeness (QED) is 0.840. The average molecular weight is 298 g/mol. The van der Waals surface area contributed by atoms with Gasteiger partial charge in [0.1, 0.15) is 5.78 Å². The minimum Gasteiger partial charge on any atom is -0.299 e. The van der Waals surface area contributed by atoms with Crippen molar-refractivity contribution < 1.29 is 4.79 Å². The molecule has 1 aromatic heterocycles. The van der Waals surface area contributed by atoms with Crippen LogP contribution in [0.1, 0.15) is 39.7 Å². The van der Waals surface area contributed by atoms with Crippen LogP contribution in [0.3, 0.4) is 0 Å². The van der Waals surface area contributed by atoms with Crippen LogP contribution < -0.4 is 0 Å². The lowest BCUT2D eigenvalue weighted by atomic mass is 9.79. The molecule has 0 saturated heterocycles. The molecule has 3 heteroatoms. The molecule has 1 atom stereocenters. The van der Waals surface area contributed by atoms with Crippen molar-refractivity contribution >= 4 is 21.7 Å². The van der Waals surface area contributed by atoms with Crippen molar-refractivity contribution in [2.45, 2.75) is 40.5 Å². The highest BCUT2D eigenvalue weighted by molar-refractivity contribution is 9.10. The molecule has 1 rings (SSSR count). The van der Waals surface area contributed by atoms with E-state index in [2.05, 4.69) is 48.6 Å². The highest BCUT2D eigenvalue weighted by Crippen LogP contribution is 2.28. The van der Waals surface area contributed by atoms with E-state index >= 15 is 0 Å². The summed E-state index contributed by atoms with van der Waals surface area (Å²) in [5, 5.41) is 0. The van der Waals surface area contributed by atoms with E-state index in [1.807, 2.05) is 6.07 Å². The lowest BCUT2D eigenvalue weighted by molar-refractivity contribution is -0.120. The summed E-state index contributed by atoms with van der Waals surface area (Å²) in [4.78, 5) is 16.0. The van der Waals surface area contributed by atoms with Crippen LogP contribution in [-0.2, 0) is 11.2 Å². The van der Waals surface area contributed by atoms with E-state index in [9.17, 15) is 4.79 Å². The van der Waals surface area contributed by atoms with Crippen LogP contribution in [0.2, 0.25) is 0 Å². The molecule has 0 bridgehead atoms. The number of nitrogens with zero attached hydrogens (tertiary/aromatic N) is 1. The molecule has 0 fully saturated rings. The van der Waals surface area contributed by atoms with Crippen molar-refractivity contribution in [2.75, 3.05) is 0 Å². The molecule has 2 nitrogen and oxygen atoms in total. The van der Waals surface area contributed by atoms with Crippen LogP contribution >= 0.6 is 15.9 Å². The highest BCUT2D eigenvalue weighted by Gasteiger charge is 2.22. The zero-order chi connectivity index (χ0) is 13.1. The molecule has 1 heterocycles. The number of carbonyl (C=O) groups excluding carboxylic acids is 1. The minimum absolute atomic E-state index is 0.186. The van der Waals surface area contributed by atoms with Crippen molar-refractivity contribution in [1.29, 1.82) is 0 Å². The van der Waals surface area contributed by atoms with Crippen molar-refractivity contribution in [2.24, 2.45) is 11.3 Å². The smallest absolute Gasteiger partial charge is 0.137 e. The predicted octanol–water partition coefficient (Wildman–Crippen LogP) is 4.03. The SMILES string of the molecule is CC(CC(=O)Cc1cncc(Br)c1)C(C)(C)C. The van der Waals surface area contributed by atoms with E-state index in [0.717, 1.165) is 10.0 Å². The standard InChI is InChI=1S/C14H20BrNO/c1-10(14(2,3)4)5-13(17)7-11-6-12(15)9-16-8-11/h6,8-10H,5,7H2,1-4H3. The van der Waals surface area contributed by atoms with Gasteiger partial charge in [-0.25, -0.2) is 0 Å². The molecule has 17 heavy (non-hydrogen) atoms. The van der Waals surface area contributed by atoms with Gasteiger partial charge in [-0.05, 0) is 38.9 Å². The molecule has 94 valence electrons. The Bertz CT molecular complexity index is 395. The summed E-state index contributed by atoms with van der Waals surface area (Å²) in [6.07, 6.45) is 4.60. The van der Waals surface area contributed by atoms with Crippen LogP contribution in [0.25, 0.3) is 0 Å². The number of Topliss-reactive ketones (excluding diaryl/α,β-unsaturated/α-hetero) is 1. The van der Waals surface area contributed by atoms with Crippen LogP contribution in [0, 0.1) is 11.3 Å². The number of hydrogen-bond acceptors (Lipinski definition) is 2. The molecule has 1 aromatic rings. The van der Waals surface area contributed by atoms with E-state index in [0.29, 0.717) is 18.8 Å². The van der Waals surface area contributed by atoms with Gasteiger partial charge in [-0.2, -0.15) is 0 Å². The second-order valence-electron chi connectivity index (χ2n) is 5.70. The summed E-state index contributed by atoms with van der Waals surface area (Å²) in [6.45, 7) is 8.65. The van der Waals surface area contributed by atoms with Crippen molar-refractivity contribution in [3.05, 3.63) is 28.5 Å². The van der Waals surface area contributed by atoms with E-state index in [-0.39, 0.29) is 11.2 Å². The number of aromatic nitrogens is 1. The van der Waals surface area contributed by atoms with Crippen LogP contribution in [0.4, 0.5) is 0 Å². The Balaban J connectivity index is 2.56. The third-order valence-electron chi connectivity index (χ3n) is 3.18. The molecule has 0 aliphatic carbocycles. The number of ketones is 1. The van der Waals surface area contributed by atoms with Gasteiger partial charge in [-0.1, -0.05) is 27.7 Å². The van der Waals surface area contributed by atoms with Crippen molar-refractivity contribution in [3.8, 4) is 0 Å². The first-order chi connectivity index (χ1) is 7.79. The van der Waals surface area contributed by atoms with Crippen LogP contribution in [0.5, 0.6) is 0 Å². The fraction of sp³-hybridized carbons (Fsp3) is 0.571. The third kappa shape index (κ3) is 4.99. The maximum atomic E-state index is 11.9. The molecule has 0 amide bonds. The predicted molar refractivity (Wildman–Crippen MR) is 73.9 cm³/mol. The van der Waals surface area contributed by atoms with Crippen molar-refractivity contribution in [3.63, 3.8) is 0 Å². The largest absolute Gasteiger partial charge is 0.299 e. The second-order valence-corrected chi connectivity index (χ2v) is 6.61. The Morgan fingerprint density at radius 2 is 2.06 bits per heavy atom. The second kappa shape index (κ2) is 5.76. The van der Waals surface area contributed by atoms with Gasteiger partial charge in [0.05, 0.1) is 0 Å². The third-order valence-corrected chi connectivity index (χ3v) is 3.61.